The molecule has 0 radical (unpaired) electrons. The van der Waals surface area contributed by atoms with Gasteiger partial charge < -0.3 is 4.74 Å². The minimum Gasteiger partial charge on any atom is -0.487 e. The third kappa shape index (κ3) is 3.01. The molecule has 108 valence electrons. The number of aryl methyl sites for hydroxylation is 4. The van der Waals surface area contributed by atoms with Gasteiger partial charge in [0.25, 0.3) is 0 Å². The highest BCUT2D eigenvalue weighted by molar-refractivity contribution is 9.10. The maximum Gasteiger partial charge on any atom is 0.131 e. The summed E-state index contributed by atoms with van der Waals surface area (Å²) < 4.78 is 8.78. The third-order valence-electron chi connectivity index (χ3n) is 3.29. The Morgan fingerprint density at radius 2 is 1.90 bits per heavy atom. The van der Waals surface area contributed by atoms with Crippen molar-refractivity contribution in [2.75, 3.05) is 0 Å². The van der Waals surface area contributed by atoms with Crippen LogP contribution in [0, 0.1) is 13.8 Å². The molecule has 0 unspecified atom stereocenters. The zero-order valence-corrected chi connectivity index (χ0v) is 14.5. The van der Waals surface area contributed by atoms with Gasteiger partial charge in [-0.3, -0.25) is 4.68 Å². The first-order valence-corrected chi connectivity index (χ1v) is 7.71. The highest BCUT2D eigenvalue weighted by Crippen LogP contribution is 2.28. The molecule has 0 saturated heterocycles. The monoisotopic (exact) mass is 356 g/mol. The molecule has 0 spiro atoms. The van der Waals surface area contributed by atoms with Crippen molar-refractivity contribution >= 4 is 27.5 Å². The summed E-state index contributed by atoms with van der Waals surface area (Å²) in [6.07, 6.45) is 0.823. The summed E-state index contributed by atoms with van der Waals surface area (Å²) in [5.41, 5.74) is 4.13. The van der Waals surface area contributed by atoms with Crippen LogP contribution in [-0.2, 0) is 20.1 Å². The number of hydrogen-bond donors (Lipinski definition) is 0. The Balaban J connectivity index is 2.19. The molecule has 0 aliphatic carbocycles. The SMILES string of the molecule is CCc1nn(C)c(COc2cc(C)c(Br)c(C)c2)c1Cl. The first-order valence-electron chi connectivity index (χ1n) is 6.53. The molecule has 0 amide bonds. The molecule has 0 atom stereocenters. The zero-order valence-electron chi connectivity index (χ0n) is 12.1. The largest absolute Gasteiger partial charge is 0.487 e. The highest BCUT2D eigenvalue weighted by Gasteiger charge is 2.13. The van der Waals surface area contributed by atoms with E-state index in [4.69, 9.17) is 16.3 Å². The van der Waals surface area contributed by atoms with Crippen LogP contribution in [0.25, 0.3) is 0 Å². The molecule has 0 aliphatic rings. The second-order valence-corrected chi connectivity index (χ2v) is 6.02. The molecule has 2 rings (SSSR count). The Hall–Kier alpha value is -1.000. The summed E-state index contributed by atoms with van der Waals surface area (Å²) in [6, 6.07) is 4.03. The minimum atomic E-state index is 0.419. The van der Waals surface area contributed by atoms with Crippen molar-refractivity contribution in [2.24, 2.45) is 7.05 Å². The van der Waals surface area contributed by atoms with Crippen molar-refractivity contribution in [3.8, 4) is 5.75 Å². The number of hydrogen-bond acceptors (Lipinski definition) is 2. The fraction of sp³-hybridized carbons (Fsp3) is 0.400. The molecule has 0 N–H and O–H groups in total. The van der Waals surface area contributed by atoms with Crippen LogP contribution in [0.15, 0.2) is 16.6 Å². The van der Waals surface area contributed by atoms with Crippen LogP contribution in [-0.4, -0.2) is 9.78 Å². The predicted molar refractivity (Wildman–Crippen MR) is 85.5 cm³/mol. The van der Waals surface area contributed by atoms with E-state index in [1.807, 2.05) is 26.1 Å². The quantitative estimate of drug-likeness (QED) is 0.800. The Morgan fingerprint density at radius 3 is 2.40 bits per heavy atom. The number of nitrogens with zero attached hydrogens (tertiary/aromatic N) is 2. The zero-order chi connectivity index (χ0) is 14.9. The smallest absolute Gasteiger partial charge is 0.131 e. The number of ether oxygens (including phenoxy) is 1. The molecule has 1 heterocycles. The van der Waals surface area contributed by atoms with Gasteiger partial charge in [-0.2, -0.15) is 5.10 Å². The first-order chi connectivity index (χ1) is 9.43. The maximum atomic E-state index is 6.31. The van der Waals surface area contributed by atoms with Crippen LogP contribution >= 0.6 is 27.5 Å². The van der Waals surface area contributed by atoms with E-state index in [-0.39, 0.29) is 0 Å². The maximum absolute atomic E-state index is 6.31. The lowest BCUT2D eigenvalue weighted by Gasteiger charge is -2.10. The first kappa shape index (κ1) is 15.4. The predicted octanol–water partition coefficient (Wildman–Crippen LogP) is 4.59. The fourth-order valence-corrected chi connectivity index (χ4v) is 2.70. The van der Waals surface area contributed by atoms with E-state index < -0.39 is 0 Å². The average molecular weight is 358 g/mol. The summed E-state index contributed by atoms with van der Waals surface area (Å²) in [4.78, 5) is 0. The molecular weight excluding hydrogens is 340 g/mol. The molecule has 1 aromatic carbocycles. The molecule has 5 heteroatoms. The van der Waals surface area contributed by atoms with Gasteiger partial charge in [0.2, 0.25) is 0 Å². The van der Waals surface area contributed by atoms with Gasteiger partial charge in [0, 0.05) is 11.5 Å². The summed E-state index contributed by atoms with van der Waals surface area (Å²) >= 11 is 9.87. The Kier molecular flexibility index (Phi) is 4.76. The summed E-state index contributed by atoms with van der Waals surface area (Å²) in [5.74, 6) is 0.846. The molecule has 0 bridgehead atoms. The van der Waals surface area contributed by atoms with Gasteiger partial charge in [-0.25, -0.2) is 0 Å². The molecule has 20 heavy (non-hydrogen) atoms. The van der Waals surface area contributed by atoms with Crippen molar-refractivity contribution in [1.82, 2.24) is 9.78 Å². The normalized spacial score (nSPS) is 10.9. The second kappa shape index (κ2) is 6.19. The van der Waals surface area contributed by atoms with Crippen LogP contribution in [0.5, 0.6) is 5.75 Å². The summed E-state index contributed by atoms with van der Waals surface area (Å²) in [7, 11) is 1.89. The van der Waals surface area contributed by atoms with E-state index >= 15 is 0 Å². The lowest BCUT2D eigenvalue weighted by Crippen LogP contribution is -2.04. The minimum absolute atomic E-state index is 0.419. The molecule has 0 aliphatic heterocycles. The third-order valence-corrected chi connectivity index (χ3v) is 4.98. The van der Waals surface area contributed by atoms with Gasteiger partial charge in [0.1, 0.15) is 12.4 Å². The average Bonchev–Trinajstić information content (AvgIpc) is 2.68. The standard InChI is InChI=1S/C15H18BrClN2O/c1-5-12-15(17)13(19(4)18-12)8-20-11-6-9(2)14(16)10(3)7-11/h6-7H,5,8H2,1-4H3. The van der Waals surface area contributed by atoms with Gasteiger partial charge in [0.05, 0.1) is 16.4 Å². The molecular formula is C15H18BrClN2O. The van der Waals surface area contributed by atoms with Crippen LogP contribution in [0.1, 0.15) is 29.4 Å². The van der Waals surface area contributed by atoms with Gasteiger partial charge in [-0.15, -0.1) is 0 Å². The van der Waals surface area contributed by atoms with E-state index in [0.717, 1.165) is 39.2 Å². The molecule has 0 fully saturated rings. The van der Waals surface area contributed by atoms with E-state index in [1.165, 1.54) is 0 Å². The number of halogens is 2. The van der Waals surface area contributed by atoms with Gasteiger partial charge in [0.15, 0.2) is 0 Å². The number of aromatic nitrogens is 2. The van der Waals surface area contributed by atoms with E-state index in [9.17, 15) is 0 Å². The van der Waals surface area contributed by atoms with E-state index in [2.05, 4.69) is 34.9 Å². The fourth-order valence-electron chi connectivity index (χ4n) is 2.12. The summed E-state index contributed by atoms with van der Waals surface area (Å²) in [5, 5.41) is 5.10. The highest BCUT2D eigenvalue weighted by atomic mass is 79.9. The summed E-state index contributed by atoms with van der Waals surface area (Å²) in [6.45, 7) is 6.56. The number of benzene rings is 1. The number of rotatable bonds is 4. The van der Waals surface area contributed by atoms with Crippen molar-refractivity contribution < 1.29 is 4.74 Å². The van der Waals surface area contributed by atoms with Crippen molar-refractivity contribution in [3.05, 3.63) is 44.1 Å². The molecule has 1 aromatic heterocycles. The van der Waals surface area contributed by atoms with Crippen LogP contribution < -0.4 is 4.74 Å². The Labute approximate surface area is 133 Å². The molecule has 2 aromatic rings. The van der Waals surface area contributed by atoms with Crippen molar-refractivity contribution in [1.29, 1.82) is 0 Å². The molecule has 0 saturated carbocycles. The second-order valence-electron chi connectivity index (χ2n) is 4.84. The van der Waals surface area contributed by atoms with Gasteiger partial charge in [-0.05, 0) is 43.5 Å². The van der Waals surface area contributed by atoms with Gasteiger partial charge >= 0.3 is 0 Å². The molecule has 3 nitrogen and oxygen atoms in total. The van der Waals surface area contributed by atoms with E-state index in [0.29, 0.717) is 11.6 Å². The lowest BCUT2D eigenvalue weighted by atomic mass is 10.1. The van der Waals surface area contributed by atoms with Crippen LogP contribution in [0.4, 0.5) is 0 Å². The Bertz CT molecular complexity index is 614. The topological polar surface area (TPSA) is 27.1 Å². The van der Waals surface area contributed by atoms with Crippen LogP contribution in [0.3, 0.4) is 0 Å². The van der Waals surface area contributed by atoms with Gasteiger partial charge in [-0.1, -0.05) is 34.5 Å². The van der Waals surface area contributed by atoms with Crippen molar-refractivity contribution in [2.45, 2.75) is 33.8 Å². The Morgan fingerprint density at radius 1 is 1.30 bits per heavy atom. The lowest BCUT2D eigenvalue weighted by molar-refractivity contribution is 0.294. The van der Waals surface area contributed by atoms with Crippen molar-refractivity contribution in [3.63, 3.8) is 0 Å². The van der Waals surface area contributed by atoms with Crippen LogP contribution in [0.2, 0.25) is 5.02 Å². The van der Waals surface area contributed by atoms with E-state index in [1.54, 1.807) is 4.68 Å².